The Morgan fingerprint density at radius 2 is 1.95 bits per heavy atom. The summed E-state index contributed by atoms with van der Waals surface area (Å²) in [6.45, 7) is 2.68. The van der Waals surface area contributed by atoms with Gasteiger partial charge >= 0.3 is 12.0 Å². The van der Waals surface area contributed by atoms with Crippen LogP contribution >= 0.6 is 0 Å². The molecule has 0 radical (unpaired) electrons. The summed E-state index contributed by atoms with van der Waals surface area (Å²) < 4.78 is 4.86. The van der Waals surface area contributed by atoms with E-state index in [4.69, 9.17) is 4.74 Å². The molecule has 108 valence electrons. The van der Waals surface area contributed by atoms with E-state index in [1.54, 1.807) is 0 Å². The number of ketones is 1. The standard InChI is InChI=1S/C12H15N3O5/c1-6(16)8-4-9(14-5-8)11(18)20-7(2)10(17)15-12(19)13-3/h4-5,7,14H,1-3H3,(H2,13,15,17,19)/t7-/m0/s1. The fraction of sp³-hybridized carbons (Fsp3) is 0.333. The number of carbonyl (C=O) groups is 4. The predicted octanol–water partition coefficient (Wildman–Crippen LogP) is 0.218. The van der Waals surface area contributed by atoms with E-state index < -0.39 is 24.0 Å². The molecule has 0 aliphatic heterocycles. The fourth-order valence-corrected chi connectivity index (χ4v) is 1.27. The van der Waals surface area contributed by atoms with Crippen LogP contribution in [0.2, 0.25) is 0 Å². The molecule has 8 nitrogen and oxygen atoms in total. The smallest absolute Gasteiger partial charge is 0.355 e. The molecule has 1 aromatic rings. The molecule has 1 heterocycles. The number of aromatic amines is 1. The first-order chi connectivity index (χ1) is 9.35. The largest absolute Gasteiger partial charge is 0.448 e. The molecule has 0 aliphatic rings. The van der Waals surface area contributed by atoms with Crippen LogP contribution in [0.4, 0.5) is 4.79 Å². The Balaban J connectivity index is 2.62. The molecule has 20 heavy (non-hydrogen) atoms. The molecule has 0 aliphatic carbocycles. The second kappa shape index (κ2) is 6.50. The van der Waals surface area contributed by atoms with Gasteiger partial charge in [0.25, 0.3) is 5.91 Å². The second-order valence-corrected chi connectivity index (χ2v) is 3.97. The molecule has 3 amide bonds. The van der Waals surface area contributed by atoms with Gasteiger partial charge in [-0.25, -0.2) is 9.59 Å². The van der Waals surface area contributed by atoms with E-state index in [1.807, 2.05) is 5.32 Å². The van der Waals surface area contributed by atoms with Crippen LogP contribution in [0.5, 0.6) is 0 Å². The van der Waals surface area contributed by atoms with E-state index in [2.05, 4.69) is 10.3 Å². The maximum Gasteiger partial charge on any atom is 0.355 e. The summed E-state index contributed by atoms with van der Waals surface area (Å²) in [5.41, 5.74) is 0.384. The minimum Gasteiger partial charge on any atom is -0.448 e. The predicted molar refractivity (Wildman–Crippen MR) is 68.3 cm³/mol. The van der Waals surface area contributed by atoms with Gasteiger partial charge in [0.1, 0.15) is 5.69 Å². The Labute approximate surface area is 114 Å². The number of urea groups is 1. The first-order valence-corrected chi connectivity index (χ1v) is 5.78. The summed E-state index contributed by atoms with van der Waals surface area (Å²) in [4.78, 5) is 47.8. The lowest BCUT2D eigenvalue weighted by Crippen LogP contribution is -2.43. The molecule has 0 bridgehead atoms. The van der Waals surface area contributed by atoms with Crippen molar-refractivity contribution in [2.75, 3.05) is 7.05 Å². The molecular weight excluding hydrogens is 266 g/mol. The van der Waals surface area contributed by atoms with Gasteiger partial charge in [-0.05, 0) is 19.9 Å². The molecule has 1 atom stereocenters. The zero-order valence-electron chi connectivity index (χ0n) is 11.3. The highest BCUT2D eigenvalue weighted by molar-refractivity contribution is 5.99. The first-order valence-electron chi connectivity index (χ1n) is 5.78. The van der Waals surface area contributed by atoms with Crippen LogP contribution in [0, 0.1) is 0 Å². The molecule has 0 saturated heterocycles. The maximum absolute atomic E-state index is 11.7. The van der Waals surface area contributed by atoms with Crippen molar-refractivity contribution in [2.45, 2.75) is 20.0 Å². The molecule has 0 fully saturated rings. The van der Waals surface area contributed by atoms with Gasteiger partial charge in [-0.3, -0.25) is 14.9 Å². The Morgan fingerprint density at radius 1 is 1.30 bits per heavy atom. The average molecular weight is 281 g/mol. The summed E-state index contributed by atoms with van der Waals surface area (Å²) in [6.07, 6.45) is 0.220. The number of imide groups is 1. The van der Waals surface area contributed by atoms with Crippen molar-refractivity contribution in [3.05, 3.63) is 23.5 Å². The zero-order valence-corrected chi connectivity index (χ0v) is 11.3. The van der Waals surface area contributed by atoms with Crippen molar-refractivity contribution in [3.8, 4) is 0 Å². The van der Waals surface area contributed by atoms with E-state index in [-0.39, 0.29) is 11.5 Å². The Morgan fingerprint density at radius 3 is 2.45 bits per heavy atom. The molecule has 0 saturated carbocycles. The molecular formula is C12H15N3O5. The average Bonchev–Trinajstić information content (AvgIpc) is 2.88. The van der Waals surface area contributed by atoms with Crippen LogP contribution < -0.4 is 10.6 Å². The van der Waals surface area contributed by atoms with E-state index in [1.165, 1.54) is 33.2 Å². The van der Waals surface area contributed by atoms with Crippen molar-refractivity contribution in [2.24, 2.45) is 0 Å². The van der Waals surface area contributed by atoms with Gasteiger partial charge in [-0.2, -0.15) is 0 Å². The van der Waals surface area contributed by atoms with Gasteiger partial charge in [-0.15, -0.1) is 0 Å². The highest BCUT2D eigenvalue weighted by Gasteiger charge is 2.21. The Kier molecular flexibility index (Phi) is 5.01. The minimum absolute atomic E-state index is 0.0507. The lowest BCUT2D eigenvalue weighted by atomic mass is 10.2. The van der Waals surface area contributed by atoms with Crippen LogP contribution in [0.3, 0.4) is 0 Å². The number of rotatable bonds is 4. The van der Waals surface area contributed by atoms with Gasteiger partial charge < -0.3 is 15.0 Å². The fourth-order valence-electron chi connectivity index (χ4n) is 1.27. The number of amides is 3. The number of aromatic nitrogens is 1. The van der Waals surface area contributed by atoms with Crippen LogP contribution in [-0.4, -0.2) is 41.8 Å². The Hall–Kier alpha value is -2.64. The summed E-state index contributed by atoms with van der Waals surface area (Å²) in [6, 6.07) is 0.630. The van der Waals surface area contributed by atoms with Crippen LogP contribution in [-0.2, 0) is 9.53 Å². The quantitative estimate of drug-likeness (QED) is 0.539. The van der Waals surface area contributed by atoms with Gasteiger partial charge in [0, 0.05) is 18.8 Å². The highest BCUT2D eigenvalue weighted by Crippen LogP contribution is 2.07. The molecule has 0 unspecified atom stereocenters. The van der Waals surface area contributed by atoms with Crippen LogP contribution in [0.25, 0.3) is 0 Å². The van der Waals surface area contributed by atoms with Crippen molar-refractivity contribution < 1.29 is 23.9 Å². The molecule has 8 heteroatoms. The number of hydrogen-bond donors (Lipinski definition) is 3. The molecule has 0 aromatic carbocycles. The number of nitrogens with one attached hydrogen (secondary N) is 3. The third-order valence-corrected chi connectivity index (χ3v) is 2.43. The number of Topliss-reactive ketones (excluding diaryl/α,β-unsaturated/α-hetero) is 1. The molecule has 1 rings (SSSR count). The topological polar surface area (TPSA) is 117 Å². The number of ether oxygens (including phenoxy) is 1. The third kappa shape index (κ3) is 3.94. The van der Waals surface area contributed by atoms with Crippen molar-refractivity contribution in [1.29, 1.82) is 0 Å². The monoisotopic (exact) mass is 281 g/mol. The second-order valence-electron chi connectivity index (χ2n) is 3.97. The lowest BCUT2D eigenvalue weighted by Gasteiger charge is -2.11. The van der Waals surface area contributed by atoms with E-state index in [0.717, 1.165) is 0 Å². The van der Waals surface area contributed by atoms with Gasteiger partial charge in [0.05, 0.1) is 0 Å². The number of H-pyrrole nitrogens is 1. The number of hydrogen-bond acceptors (Lipinski definition) is 5. The SMILES string of the molecule is CNC(=O)NC(=O)[C@H](C)OC(=O)c1cc(C(C)=O)c[nH]1. The summed E-state index contributed by atoms with van der Waals surface area (Å²) in [5.74, 6) is -1.75. The zero-order chi connectivity index (χ0) is 15.3. The van der Waals surface area contributed by atoms with E-state index in [0.29, 0.717) is 5.56 Å². The van der Waals surface area contributed by atoms with Gasteiger partial charge in [0.2, 0.25) is 0 Å². The van der Waals surface area contributed by atoms with Crippen molar-refractivity contribution >= 4 is 23.7 Å². The van der Waals surface area contributed by atoms with Crippen molar-refractivity contribution in [1.82, 2.24) is 15.6 Å². The summed E-state index contributed by atoms with van der Waals surface area (Å²) in [7, 11) is 1.35. The van der Waals surface area contributed by atoms with E-state index in [9.17, 15) is 19.2 Å². The normalized spacial score (nSPS) is 11.3. The van der Waals surface area contributed by atoms with Crippen LogP contribution in [0.15, 0.2) is 12.3 Å². The highest BCUT2D eigenvalue weighted by atomic mass is 16.5. The number of carbonyl (C=O) groups excluding carboxylic acids is 4. The van der Waals surface area contributed by atoms with Gasteiger partial charge in [-0.1, -0.05) is 0 Å². The number of esters is 1. The molecule has 1 aromatic heterocycles. The summed E-state index contributed by atoms with van der Waals surface area (Å²) in [5, 5.41) is 4.18. The summed E-state index contributed by atoms with van der Waals surface area (Å²) >= 11 is 0. The minimum atomic E-state index is -1.15. The van der Waals surface area contributed by atoms with E-state index >= 15 is 0 Å². The Bertz CT molecular complexity index is 549. The first kappa shape index (κ1) is 15.4. The molecule has 0 spiro atoms. The molecule has 3 N–H and O–H groups in total. The maximum atomic E-state index is 11.7. The lowest BCUT2D eigenvalue weighted by molar-refractivity contribution is -0.127. The third-order valence-electron chi connectivity index (χ3n) is 2.43. The van der Waals surface area contributed by atoms with Crippen LogP contribution in [0.1, 0.15) is 34.7 Å². The van der Waals surface area contributed by atoms with Gasteiger partial charge in [0.15, 0.2) is 11.9 Å². The van der Waals surface area contributed by atoms with Crippen molar-refractivity contribution in [3.63, 3.8) is 0 Å².